The Morgan fingerprint density at radius 2 is 0.593 bits per heavy atom. The standard InChI is InChI=1S/C73H120O16P2/c1-4-7-10-13-16-19-22-25-28-31-32-33-34-37-39-41-44-47-50-53-56-59-71(76)83-62-68(74)63-85-90(79,80)86-64-69(75)65-87-91(81,82)88-67-70(89-73(78)61-58-55-52-49-46-43-40-36-30-27-24-21-18-15-12-9-6-3)66-84-72(77)60-57-54-51-48-45-42-38-35-29-26-23-20-17-14-11-8-5-2/h8-9,11-12,16-21,25-30,32-33,37-39,42,48,51,68-70,74-75H,4-7,10,13-15,22-24,31,34-36,40-41,43-47,49-50,52-67H2,1-3H3,(H,79,80)(H,81,82)/b11-8-,12-9-,19-16-,20-17-,21-18-,28-25-,29-26-,30-27-,33-32-,39-37-,42-38-,51-48-. The highest BCUT2D eigenvalue weighted by Crippen LogP contribution is 2.45. The Hall–Kier alpha value is -4.57. The summed E-state index contributed by atoms with van der Waals surface area (Å²) < 4.78 is 60.8. The summed E-state index contributed by atoms with van der Waals surface area (Å²) in [6.07, 6.45) is 77.6. The molecule has 0 amide bonds. The zero-order chi connectivity index (χ0) is 66.7. The van der Waals surface area contributed by atoms with Crippen LogP contribution < -0.4 is 0 Å². The minimum Gasteiger partial charge on any atom is -0.463 e. The Balaban J connectivity index is 4.76. The topological polar surface area (TPSA) is 231 Å². The average molecular weight is 1320 g/mol. The number of aliphatic hydroxyl groups excluding tert-OH is 2. The lowest BCUT2D eigenvalue weighted by atomic mass is 10.1. The van der Waals surface area contributed by atoms with E-state index in [0.717, 1.165) is 148 Å². The molecule has 0 rings (SSSR count). The van der Waals surface area contributed by atoms with Crippen LogP contribution in [0.5, 0.6) is 0 Å². The fourth-order valence-corrected chi connectivity index (χ4v) is 9.95. The zero-order valence-electron chi connectivity index (χ0n) is 56.0. The van der Waals surface area contributed by atoms with E-state index in [9.17, 15) is 43.5 Å². The van der Waals surface area contributed by atoms with Crippen molar-refractivity contribution in [3.63, 3.8) is 0 Å². The van der Waals surface area contributed by atoms with E-state index in [4.69, 9.17) is 32.3 Å². The number of phosphoric ester groups is 2. The number of aliphatic hydroxyl groups is 2. The molecule has 16 nitrogen and oxygen atoms in total. The van der Waals surface area contributed by atoms with Gasteiger partial charge in [0.25, 0.3) is 0 Å². The van der Waals surface area contributed by atoms with Crippen LogP contribution in [-0.2, 0) is 55.8 Å². The molecule has 518 valence electrons. The van der Waals surface area contributed by atoms with Crippen LogP contribution in [0.3, 0.4) is 0 Å². The highest BCUT2D eigenvalue weighted by Gasteiger charge is 2.29. The number of rotatable bonds is 63. The Morgan fingerprint density at radius 3 is 0.967 bits per heavy atom. The first-order valence-electron chi connectivity index (χ1n) is 34.1. The summed E-state index contributed by atoms with van der Waals surface area (Å²) in [4.78, 5) is 58.4. The summed E-state index contributed by atoms with van der Waals surface area (Å²) in [5, 5.41) is 20.5. The Bertz CT molecular complexity index is 2240. The lowest BCUT2D eigenvalue weighted by Crippen LogP contribution is -2.30. The molecule has 0 bridgehead atoms. The van der Waals surface area contributed by atoms with Crippen molar-refractivity contribution >= 4 is 33.6 Å². The fourth-order valence-electron chi connectivity index (χ4n) is 8.37. The Labute approximate surface area is 549 Å². The molecule has 0 aliphatic heterocycles. The molecule has 0 saturated heterocycles. The monoisotopic (exact) mass is 1310 g/mol. The molecule has 0 aromatic rings. The maximum absolute atomic E-state index is 12.9. The van der Waals surface area contributed by atoms with Gasteiger partial charge in [0, 0.05) is 19.3 Å². The van der Waals surface area contributed by atoms with Crippen LogP contribution in [0.15, 0.2) is 146 Å². The summed E-state index contributed by atoms with van der Waals surface area (Å²) in [6.45, 7) is 2.29. The third-order valence-electron chi connectivity index (χ3n) is 13.5. The number of esters is 3. The second kappa shape index (κ2) is 65.5. The molecule has 91 heavy (non-hydrogen) atoms. The van der Waals surface area contributed by atoms with Gasteiger partial charge in [-0.3, -0.25) is 32.5 Å². The van der Waals surface area contributed by atoms with Gasteiger partial charge in [-0.1, -0.05) is 231 Å². The second-order valence-corrected chi connectivity index (χ2v) is 25.1. The number of ether oxygens (including phenoxy) is 3. The van der Waals surface area contributed by atoms with Crippen molar-refractivity contribution in [3.8, 4) is 0 Å². The number of allylic oxidation sites excluding steroid dienone is 24. The van der Waals surface area contributed by atoms with Gasteiger partial charge in [0.05, 0.1) is 26.4 Å². The summed E-state index contributed by atoms with van der Waals surface area (Å²) >= 11 is 0. The van der Waals surface area contributed by atoms with Gasteiger partial charge in [-0.05, 0) is 135 Å². The molecule has 0 aliphatic rings. The molecular weight excluding hydrogens is 1190 g/mol. The molecule has 0 aliphatic carbocycles. The van der Waals surface area contributed by atoms with Gasteiger partial charge >= 0.3 is 33.6 Å². The van der Waals surface area contributed by atoms with E-state index in [1.807, 2.05) is 12.2 Å². The number of hydrogen-bond acceptors (Lipinski definition) is 14. The van der Waals surface area contributed by atoms with E-state index in [2.05, 4.69) is 154 Å². The van der Waals surface area contributed by atoms with Gasteiger partial charge in [-0.2, -0.15) is 0 Å². The molecule has 5 unspecified atom stereocenters. The fraction of sp³-hybridized carbons (Fsp3) is 0.630. The van der Waals surface area contributed by atoms with Crippen LogP contribution in [0.25, 0.3) is 0 Å². The van der Waals surface area contributed by atoms with E-state index in [1.165, 1.54) is 25.7 Å². The van der Waals surface area contributed by atoms with Gasteiger partial charge in [0.1, 0.15) is 25.4 Å². The Kier molecular flexibility index (Phi) is 62.2. The predicted octanol–water partition coefficient (Wildman–Crippen LogP) is 19.0. The molecule has 0 aromatic heterocycles. The lowest BCUT2D eigenvalue weighted by Gasteiger charge is -2.21. The van der Waals surface area contributed by atoms with Crippen molar-refractivity contribution in [1.82, 2.24) is 0 Å². The van der Waals surface area contributed by atoms with Gasteiger partial charge in [-0.15, -0.1) is 0 Å². The third-order valence-corrected chi connectivity index (χ3v) is 15.4. The van der Waals surface area contributed by atoms with Crippen LogP contribution in [-0.4, -0.2) is 95.9 Å². The first-order chi connectivity index (χ1) is 44.2. The van der Waals surface area contributed by atoms with Crippen molar-refractivity contribution in [2.45, 2.75) is 257 Å². The molecule has 0 radical (unpaired) electrons. The van der Waals surface area contributed by atoms with Crippen molar-refractivity contribution in [2.75, 3.05) is 39.6 Å². The molecule has 0 aromatic carbocycles. The molecule has 18 heteroatoms. The Morgan fingerprint density at radius 1 is 0.319 bits per heavy atom. The maximum Gasteiger partial charge on any atom is 0.472 e. The second-order valence-electron chi connectivity index (χ2n) is 22.2. The molecule has 4 N–H and O–H groups in total. The van der Waals surface area contributed by atoms with Crippen LogP contribution in [0.4, 0.5) is 0 Å². The number of carbonyl (C=O) groups excluding carboxylic acids is 3. The number of carbonyl (C=O) groups is 3. The van der Waals surface area contributed by atoms with E-state index in [0.29, 0.717) is 25.7 Å². The van der Waals surface area contributed by atoms with Crippen LogP contribution in [0, 0.1) is 0 Å². The SMILES string of the molecule is CC/C=C\C/C=C\C/C=C\C/C=C\C/C=C\CCCC(=O)OCC(COP(=O)(O)OCC(O)COP(=O)(O)OCC(O)COC(=O)CCCCCCC/C=C\C/C=C\C/C=C\C/C=C\CCCCC)OC(=O)CCCCCCCCC/C=C\C/C=C\C/C=C\CC. The van der Waals surface area contributed by atoms with E-state index in [-0.39, 0.29) is 19.3 Å². The summed E-state index contributed by atoms with van der Waals surface area (Å²) in [5.41, 5.74) is 0. The average Bonchev–Trinajstić information content (AvgIpc) is 3.02. The highest BCUT2D eigenvalue weighted by atomic mass is 31.2. The summed E-state index contributed by atoms with van der Waals surface area (Å²) in [6, 6.07) is 0. The van der Waals surface area contributed by atoms with Crippen molar-refractivity contribution in [3.05, 3.63) is 146 Å². The van der Waals surface area contributed by atoms with Crippen LogP contribution >= 0.6 is 15.6 Å². The van der Waals surface area contributed by atoms with Crippen molar-refractivity contribution in [1.29, 1.82) is 0 Å². The normalized spacial score (nSPS) is 15.1. The molecule has 5 atom stereocenters. The quantitative estimate of drug-likeness (QED) is 0.0146. The first kappa shape index (κ1) is 86.4. The van der Waals surface area contributed by atoms with Crippen molar-refractivity contribution < 1.29 is 75.8 Å². The largest absolute Gasteiger partial charge is 0.472 e. The predicted molar refractivity (Wildman–Crippen MR) is 371 cm³/mol. The minimum absolute atomic E-state index is 0.0752. The number of unbranched alkanes of at least 4 members (excludes halogenated alkanes) is 16. The first-order valence-corrected chi connectivity index (χ1v) is 37.1. The van der Waals surface area contributed by atoms with Crippen LogP contribution in [0.2, 0.25) is 0 Å². The van der Waals surface area contributed by atoms with Gasteiger partial charge in [0.15, 0.2) is 6.10 Å². The van der Waals surface area contributed by atoms with Crippen LogP contribution in [0.1, 0.15) is 239 Å². The molecule has 0 fully saturated rings. The third kappa shape index (κ3) is 66.7. The lowest BCUT2D eigenvalue weighted by molar-refractivity contribution is -0.161. The molecule has 0 saturated carbocycles. The smallest absolute Gasteiger partial charge is 0.463 e. The van der Waals surface area contributed by atoms with E-state index in [1.54, 1.807) is 0 Å². The minimum atomic E-state index is -4.95. The molecular formula is C73H120O16P2. The number of phosphoric acid groups is 2. The highest BCUT2D eigenvalue weighted by molar-refractivity contribution is 7.47. The van der Waals surface area contributed by atoms with Gasteiger partial charge in [0.2, 0.25) is 0 Å². The van der Waals surface area contributed by atoms with Gasteiger partial charge < -0.3 is 34.2 Å². The van der Waals surface area contributed by atoms with E-state index < -0.39 is 91.5 Å². The summed E-state index contributed by atoms with van der Waals surface area (Å²) in [5.74, 6) is -1.68. The van der Waals surface area contributed by atoms with Crippen molar-refractivity contribution in [2.24, 2.45) is 0 Å². The maximum atomic E-state index is 12.9. The number of hydrogen-bond donors (Lipinski definition) is 4. The van der Waals surface area contributed by atoms with E-state index >= 15 is 0 Å². The molecule has 0 heterocycles. The van der Waals surface area contributed by atoms with Gasteiger partial charge in [-0.25, -0.2) is 9.13 Å². The zero-order valence-corrected chi connectivity index (χ0v) is 57.7. The molecule has 0 spiro atoms. The summed E-state index contributed by atoms with van der Waals surface area (Å²) in [7, 11) is -9.81.